The number of carbonyl (C=O) groups is 1. The van der Waals surface area contributed by atoms with Gasteiger partial charge in [-0.3, -0.25) is 4.79 Å². The van der Waals surface area contributed by atoms with E-state index in [1.165, 1.54) is 28.0 Å². The van der Waals surface area contributed by atoms with Crippen LogP contribution < -0.4 is 5.73 Å². The van der Waals surface area contributed by atoms with Crippen molar-refractivity contribution in [1.82, 2.24) is 14.1 Å². The molecular weight excluding hydrogens is 280 g/mol. The number of hydrogen-bond acceptors (Lipinski definition) is 3. The number of fused-ring (bicyclic) bond motifs is 1. The molecule has 0 spiro atoms. The van der Waals surface area contributed by atoms with E-state index in [0.717, 1.165) is 13.0 Å². The number of aryl methyl sites for hydroxylation is 1. The second kappa shape index (κ2) is 6.03. The molecule has 6 heteroatoms. The molecule has 22 heavy (non-hydrogen) atoms. The van der Waals surface area contributed by atoms with E-state index in [1.807, 2.05) is 12.1 Å². The fourth-order valence-corrected chi connectivity index (χ4v) is 2.56. The Hall–Kier alpha value is -2.60. The fraction of sp³-hybridized carbons (Fsp3) is 0.250. The third-order valence-electron chi connectivity index (χ3n) is 3.74. The van der Waals surface area contributed by atoms with E-state index in [2.05, 4.69) is 33.9 Å². The normalized spacial score (nSPS) is 12.6. The molecule has 114 valence electrons. The van der Waals surface area contributed by atoms with Crippen LogP contribution in [0.3, 0.4) is 0 Å². The van der Waals surface area contributed by atoms with Crippen LogP contribution in [0, 0.1) is 0 Å². The van der Waals surface area contributed by atoms with Gasteiger partial charge in [-0.15, -0.1) is 0 Å². The highest BCUT2D eigenvalue weighted by Gasteiger charge is 2.10. The number of rotatable bonds is 6. The topological polar surface area (TPSA) is 86.1 Å². The molecule has 0 radical (unpaired) electrons. The SMILES string of the molecule is NC(=O)c1cn([C@H](O)CCCn2ccc3ccccc32)cn1. The largest absolute Gasteiger partial charge is 0.373 e. The van der Waals surface area contributed by atoms with Gasteiger partial charge in [0, 0.05) is 24.5 Å². The molecule has 0 unspecified atom stereocenters. The van der Waals surface area contributed by atoms with Crippen LogP contribution in [0.2, 0.25) is 0 Å². The molecular formula is C16H18N4O2. The Morgan fingerprint density at radius 3 is 2.91 bits per heavy atom. The number of nitrogens with zero attached hydrogens (tertiary/aromatic N) is 3. The van der Waals surface area contributed by atoms with Crippen molar-refractivity contribution in [1.29, 1.82) is 0 Å². The van der Waals surface area contributed by atoms with E-state index in [9.17, 15) is 9.90 Å². The number of hydrogen-bond donors (Lipinski definition) is 2. The Morgan fingerprint density at radius 1 is 1.32 bits per heavy atom. The fourth-order valence-electron chi connectivity index (χ4n) is 2.56. The number of nitrogens with two attached hydrogens (primary N) is 1. The predicted molar refractivity (Wildman–Crippen MR) is 83.2 cm³/mol. The van der Waals surface area contributed by atoms with Gasteiger partial charge in [0.15, 0.2) is 0 Å². The Balaban J connectivity index is 1.59. The molecule has 0 saturated heterocycles. The molecule has 6 nitrogen and oxygen atoms in total. The predicted octanol–water partition coefficient (Wildman–Crippen LogP) is 1.91. The number of carbonyl (C=O) groups excluding carboxylic acids is 1. The first-order chi connectivity index (χ1) is 10.6. The van der Waals surface area contributed by atoms with Crippen molar-refractivity contribution in [3.8, 4) is 0 Å². The maximum absolute atomic E-state index is 11.0. The summed E-state index contributed by atoms with van der Waals surface area (Å²) in [4.78, 5) is 14.9. The van der Waals surface area contributed by atoms with E-state index in [1.54, 1.807) is 0 Å². The zero-order valence-electron chi connectivity index (χ0n) is 12.1. The summed E-state index contributed by atoms with van der Waals surface area (Å²) in [7, 11) is 0. The lowest BCUT2D eigenvalue weighted by molar-refractivity contribution is 0.0905. The zero-order chi connectivity index (χ0) is 15.5. The van der Waals surface area contributed by atoms with Crippen LogP contribution in [0.15, 0.2) is 49.1 Å². The van der Waals surface area contributed by atoms with E-state index in [0.29, 0.717) is 6.42 Å². The van der Waals surface area contributed by atoms with Crippen molar-refractivity contribution in [3.63, 3.8) is 0 Å². The summed E-state index contributed by atoms with van der Waals surface area (Å²) < 4.78 is 3.68. The molecule has 0 fully saturated rings. The third-order valence-corrected chi connectivity index (χ3v) is 3.74. The monoisotopic (exact) mass is 298 g/mol. The highest BCUT2D eigenvalue weighted by atomic mass is 16.3. The average molecular weight is 298 g/mol. The van der Waals surface area contributed by atoms with Crippen LogP contribution in [0.1, 0.15) is 29.6 Å². The maximum Gasteiger partial charge on any atom is 0.268 e. The number of aliphatic hydroxyl groups is 1. The minimum atomic E-state index is -0.706. The van der Waals surface area contributed by atoms with Crippen molar-refractivity contribution in [2.24, 2.45) is 5.73 Å². The first kappa shape index (κ1) is 14.3. The summed E-state index contributed by atoms with van der Waals surface area (Å²) in [5, 5.41) is 11.3. The molecule has 0 bridgehead atoms. The van der Waals surface area contributed by atoms with Crippen LogP contribution in [-0.2, 0) is 6.54 Å². The molecule has 3 rings (SSSR count). The van der Waals surface area contributed by atoms with Crippen LogP contribution >= 0.6 is 0 Å². The first-order valence-electron chi connectivity index (χ1n) is 7.20. The highest BCUT2D eigenvalue weighted by Crippen LogP contribution is 2.17. The Morgan fingerprint density at radius 2 is 2.14 bits per heavy atom. The summed E-state index contributed by atoms with van der Waals surface area (Å²) in [5.74, 6) is -0.593. The summed E-state index contributed by atoms with van der Waals surface area (Å²) in [6, 6.07) is 10.3. The van der Waals surface area contributed by atoms with Crippen LogP contribution in [-0.4, -0.2) is 25.1 Å². The van der Waals surface area contributed by atoms with Gasteiger partial charge < -0.3 is 20.0 Å². The number of imidazole rings is 1. The van der Waals surface area contributed by atoms with Crippen molar-refractivity contribution in [3.05, 3.63) is 54.7 Å². The minimum Gasteiger partial charge on any atom is -0.373 e. The van der Waals surface area contributed by atoms with Gasteiger partial charge in [-0.25, -0.2) is 4.98 Å². The van der Waals surface area contributed by atoms with E-state index in [-0.39, 0.29) is 5.69 Å². The van der Waals surface area contributed by atoms with Crippen molar-refractivity contribution < 1.29 is 9.90 Å². The average Bonchev–Trinajstić information content (AvgIpc) is 3.14. The van der Waals surface area contributed by atoms with Gasteiger partial charge in [-0.1, -0.05) is 18.2 Å². The second-order valence-electron chi connectivity index (χ2n) is 5.26. The smallest absolute Gasteiger partial charge is 0.268 e. The van der Waals surface area contributed by atoms with E-state index >= 15 is 0 Å². The van der Waals surface area contributed by atoms with Crippen molar-refractivity contribution in [2.75, 3.05) is 0 Å². The van der Waals surface area contributed by atoms with Gasteiger partial charge in [-0.05, 0) is 30.4 Å². The number of para-hydroxylation sites is 1. The molecule has 0 aliphatic heterocycles. The number of aliphatic hydroxyl groups excluding tert-OH is 1. The molecule has 3 N–H and O–H groups in total. The van der Waals surface area contributed by atoms with Gasteiger partial charge in [-0.2, -0.15) is 0 Å². The quantitative estimate of drug-likeness (QED) is 0.729. The van der Waals surface area contributed by atoms with E-state index in [4.69, 9.17) is 5.73 Å². The van der Waals surface area contributed by atoms with Gasteiger partial charge >= 0.3 is 0 Å². The van der Waals surface area contributed by atoms with Gasteiger partial charge in [0.25, 0.3) is 5.91 Å². The number of amides is 1. The summed E-state index contributed by atoms with van der Waals surface area (Å²) in [6.45, 7) is 0.821. The Bertz CT molecular complexity index is 790. The Labute approximate surface area is 127 Å². The van der Waals surface area contributed by atoms with Crippen molar-refractivity contribution >= 4 is 16.8 Å². The molecule has 0 aliphatic carbocycles. The first-order valence-corrected chi connectivity index (χ1v) is 7.20. The van der Waals surface area contributed by atoms with Gasteiger partial charge in [0.1, 0.15) is 11.9 Å². The third kappa shape index (κ3) is 2.87. The van der Waals surface area contributed by atoms with Gasteiger partial charge in [0.05, 0.1) is 6.33 Å². The molecule has 3 aromatic rings. The van der Waals surface area contributed by atoms with Crippen LogP contribution in [0.25, 0.3) is 10.9 Å². The molecule has 1 aromatic carbocycles. The summed E-state index contributed by atoms with van der Waals surface area (Å²) in [6.07, 6.45) is 5.63. The lowest BCUT2D eigenvalue weighted by Gasteiger charge is -2.12. The summed E-state index contributed by atoms with van der Waals surface area (Å²) in [5.41, 5.74) is 6.50. The maximum atomic E-state index is 11.0. The van der Waals surface area contributed by atoms with Crippen LogP contribution in [0.5, 0.6) is 0 Å². The molecule has 1 atom stereocenters. The lowest BCUT2D eigenvalue weighted by atomic mass is 10.2. The lowest BCUT2D eigenvalue weighted by Crippen LogP contribution is -2.12. The number of primary amides is 1. The molecule has 0 saturated carbocycles. The number of benzene rings is 1. The minimum absolute atomic E-state index is 0.162. The Kier molecular flexibility index (Phi) is 3.93. The zero-order valence-corrected chi connectivity index (χ0v) is 12.1. The van der Waals surface area contributed by atoms with E-state index < -0.39 is 12.1 Å². The molecule has 0 aliphatic rings. The number of aromatic nitrogens is 3. The molecule has 2 heterocycles. The highest BCUT2D eigenvalue weighted by molar-refractivity contribution is 5.90. The van der Waals surface area contributed by atoms with Gasteiger partial charge in [0.2, 0.25) is 0 Å². The summed E-state index contributed by atoms with van der Waals surface area (Å²) >= 11 is 0. The second-order valence-corrected chi connectivity index (χ2v) is 5.26. The van der Waals surface area contributed by atoms with Crippen LogP contribution in [0.4, 0.5) is 0 Å². The standard InChI is InChI=1S/C16H18N4O2/c17-16(22)13-10-20(11-18-13)15(21)6-3-8-19-9-7-12-4-1-2-5-14(12)19/h1-2,4-5,7,9-11,15,21H,3,6,8H2,(H2,17,22)/t15-/m1/s1. The molecule has 1 amide bonds. The van der Waals surface area contributed by atoms with Crippen molar-refractivity contribution in [2.45, 2.75) is 25.6 Å². The molecule has 2 aromatic heterocycles.